The van der Waals surface area contributed by atoms with Crippen LogP contribution in [0.4, 0.5) is 0 Å². The summed E-state index contributed by atoms with van der Waals surface area (Å²) in [5, 5.41) is 2.86. The number of amides is 1. The van der Waals surface area contributed by atoms with Crippen LogP contribution in [-0.4, -0.2) is 12.5 Å². The van der Waals surface area contributed by atoms with Crippen LogP contribution in [-0.2, 0) is 16.8 Å². The maximum Gasteiger partial charge on any atom is 0.258 e. The first kappa shape index (κ1) is 18.7. The van der Waals surface area contributed by atoms with Crippen LogP contribution in [0.25, 0.3) is 0 Å². The van der Waals surface area contributed by atoms with Gasteiger partial charge < -0.3 is 10.1 Å². The molecule has 0 fully saturated rings. The lowest BCUT2D eigenvalue weighted by molar-refractivity contribution is -0.123. The first-order valence-electron chi connectivity index (χ1n) is 9.15. The average Bonchev–Trinajstić information content (AvgIpc) is 2.72. The summed E-state index contributed by atoms with van der Waals surface area (Å²) in [6.07, 6.45) is 0. The van der Waals surface area contributed by atoms with E-state index in [1.54, 1.807) is 0 Å². The molecule has 0 aromatic heterocycles. The van der Waals surface area contributed by atoms with Crippen LogP contribution in [0.2, 0.25) is 0 Å². The predicted molar refractivity (Wildman–Crippen MR) is 109 cm³/mol. The van der Waals surface area contributed by atoms with Crippen molar-refractivity contribution in [3.63, 3.8) is 0 Å². The van der Waals surface area contributed by atoms with Gasteiger partial charge in [0.15, 0.2) is 6.61 Å². The van der Waals surface area contributed by atoms with Gasteiger partial charge in [0.1, 0.15) is 5.75 Å². The minimum Gasteiger partial charge on any atom is -0.484 e. The maximum atomic E-state index is 12.0. The van der Waals surface area contributed by atoms with Gasteiger partial charge in [-0.1, -0.05) is 86.6 Å². The molecule has 0 aliphatic rings. The molecule has 0 spiro atoms. The fourth-order valence-electron chi connectivity index (χ4n) is 2.99. The maximum absolute atomic E-state index is 12.0. The van der Waals surface area contributed by atoms with Gasteiger partial charge in [0.05, 0.1) is 0 Å². The van der Waals surface area contributed by atoms with Gasteiger partial charge in [-0.3, -0.25) is 4.79 Å². The minimum absolute atomic E-state index is 0.00819. The Hall–Kier alpha value is -3.07. The summed E-state index contributed by atoms with van der Waals surface area (Å²) >= 11 is 0. The standard InChI is InChI=1S/C24H25NO2/c1-24(2,20-11-7-4-8-12-20)21-13-15-22(16-14-21)27-18-23(26)25-17-19-9-5-3-6-10-19/h3-16H,17-18H2,1-2H3,(H,25,26). The second-order valence-corrected chi connectivity index (χ2v) is 7.07. The average molecular weight is 359 g/mol. The van der Waals surface area contributed by atoms with Crippen LogP contribution < -0.4 is 10.1 Å². The zero-order valence-corrected chi connectivity index (χ0v) is 15.8. The second-order valence-electron chi connectivity index (χ2n) is 7.07. The third-order valence-electron chi connectivity index (χ3n) is 4.77. The van der Waals surface area contributed by atoms with Gasteiger partial charge in [-0.2, -0.15) is 0 Å². The van der Waals surface area contributed by atoms with Crippen LogP contribution in [0.3, 0.4) is 0 Å². The molecule has 1 N–H and O–H groups in total. The highest BCUT2D eigenvalue weighted by atomic mass is 16.5. The molecule has 0 bridgehead atoms. The molecule has 3 nitrogen and oxygen atoms in total. The van der Waals surface area contributed by atoms with E-state index in [-0.39, 0.29) is 17.9 Å². The van der Waals surface area contributed by atoms with Crippen molar-refractivity contribution in [2.24, 2.45) is 0 Å². The van der Waals surface area contributed by atoms with Crippen LogP contribution in [0.1, 0.15) is 30.5 Å². The summed E-state index contributed by atoms with van der Waals surface area (Å²) in [5.41, 5.74) is 3.44. The number of hydrogen-bond acceptors (Lipinski definition) is 2. The molecule has 0 saturated carbocycles. The summed E-state index contributed by atoms with van der Waals surface area (Å²) in [6.45, 7) is 4.92. The van der Waals surface area contributed by atoms with Gasteiger partial charge in [0.25, 0.3) is 5.91 Å². The number of rotatable bonds is 7. The van der Waals surface area contributed by atoms with Crippen LogP contribution in [0.5, 0.6) is 5.75 Å². The van der Waals surface area contributed by atoms with Crippen molar-refractivity contribution in [3.05, 3.63) is 102 Å². The predicted octanol–water partition coefficient (Wildman–Crippen LogP) is 4.71. The van der Waals surface area contributed by atoms with E-state index in [4.69, 9.17) is 4.74 Å². The van der Waals surface area contributed by atoms with Crippen molar-refractivity contribution in [1.82, 2.24) is 5.32 Å². The Labute approximate surface area is 161 Å². The number of hydrogen-bond donors (Lipinski definition) is 1. The molecule has 138 valence electrons. The topological polar surface area (TPSA) is 38.3 Å². The third-order valence-corrected chi connectivity index (χ3v) is 4.77. The van der Waals surface area contributed by atoms with Crippen molar-refractivity contribution in [3.8, 4) is 5.75 Å². The molecule has 0 atom stereocenters. The second kappa shape index (κ2) is 8.54. The zero-order valence-electron chi connectivity index (χ0n) is 15.8. The Morgan fingerprint density at radius 2 is 1.37 bits per heavy atom. The van der Waals surface area contributed by atoms with E-state index in [9.17, 15) is 4.79 Å². The van der Waals surface area contributed by atoms with Gasteiger partial charge in [-0.05, 0) is 28.8 Å². The van der Waals surface area contributed by atoms with Crippen molar-refractivity contribution in [2.75, 3.05) is 6.61 Å². The number of carbonyl (C=O) groups is 1. The Morgan fingerprint density at radius 1 is 0.815 bits per heavy atom. The van der Waals surface area contributed by atoms with Crippen LogP contribution in [0.15, 0.2) is 84.9 Å². The highest BCUT2D eigenvalue weighted by Crippen LogP contribution is 2.32. The first-order chi connectivity index (χ1) is 13.1. The molecule has 0 radical (unpaired) electrons. The molecule has 0 aliphatic heterocycles. The lowest BCUT2D eigenvalue weighted by Gasteiger charge is -2.26. The summed E-state index contributed by atoms with van der Waals surface area (Å²) < 4.78 is 5.62. The first-order valence-corrected chi connectivity index (χ1v) is 9.15. The van der Waals surface area contributed by atoms with E-state index in [2.05, 4.69) is 55.6 Å². The highest BCUT2D eigenvalue weighted by molar-refractivity contribution is 5.77. The molecule has 1 amide bonds. The highest BCUT2D eigenvalue weighted by Gasteiger charge is 2.22. The molecular weight excluding hydrogens is 334 g/mol. The van der Waals surface area contributed by atoms with Gasteiger partial charge in [-0.15, -0.1) is 0 Å². The monoisotopic (exact) mass is 359 g/mol. The molecule has 3 heteroatoms. The summed E-state index contributed by atoms with van der Waals surface area (Å²) in [5.74, 6) is 0.560. The van der Waals surface area contributed by atoms with E-state index in [1.807, 2.05) is 48.5 Å². The number of ether oxygens (including phenoxy) is 1. The molecule has 0 saturated heterocycles. The largest absolute Gasteiger partial charge is 0.484 e. The fraction of sp³-hybridized carbons (Fsp3) is 0.208. The quantitative estimate of drug-likeness (QED) is 0.663. The number of benzene rings is 3. The molecule has 3 aromatic carbocycles. The fourth-order valence-corrected chi connectivity index (χ4v) is 2.99. The molecule has 3 rings (SSSR count). The van der Waals surface area contributed by atoms with Gasteiger partial charge >= 0.3 is 0 Å². The van der Waals surface area contributed by atoms with Crippen molar-refractivity contribution in [1.29, 1.82) is 0 Å². The van der Waals surface area contributed by atoms with E-state index in [1.165, 1.54) is 11.1 Å². The minimum atomic E-state index is -0.132. The van der Waals surface area contributed by atoms with E-state index >= 15 is 0 Å². The third kappa shape index (κ3) is 4.98. The number of carbonyl (C=O) groups excluding carboxylic acids is 1. The van der Waals surface area contributed by atoms with Crippen LogP contribution >= 0.6 is 0 Å². The van der Waals surface area contributed by atoms with Crippen LogP contribution in [0, 0.1) is 0 Å². The smallest absolute Gasteiger partial charge is 0.258 e. The molecule has 0 unspecified atom stereocenters. The van der Waals surface area contributed by atoms with E-state index < -0.39 is 0 Å². The van der Waals surface area contributed by atoms with Crippen molar-refractivity contribution < 1.29 is 9.53 Å². The van der Waals surface area contributed by atoms with Gasteiger partial charge in [0, 0.05) is 12.0 Å². The lowest BCUT2D eigenvalue weighted by Crippen LogP contribution is -2.28. The summed E-state index contributed by atoms with van der Waals surface area (Å²) in [7, 11) is 0. The summed E-state index contributed by atoms with van der Waals surface area (Å²) in [4.78, 5) is 12.0. The van der Waals surface area contributed by atoms with E-state index in [0.29, 0.717) is 12.3 Å². The molecule has 27 heavy (non-hydrogen) atoms. The Bertz CT molecular complexity index is 856. The number of nitrogens with one attached hydrogen (secondary N) is 1. The Kier molecular flexibility index (Phi) is 5.92. The van der Waals surface area contributed by atoms with E-state index in [0.717, 1.165) is 5.56 Å². The zero-order chi connectivity index (χ0) is 19.1. The molecule has 0 aliphatic carbocycles. The molecule has 3 aromatic rings. The lowest BCUT2D eigenvalue weighted by atomic mass is 9.78. The van der Waals surface area contributed by atoms with Crippen molar-refractivity contribution in [2.45, 2.75) is 25.8 Å². The van der Waals surface area contributed by atoms with Crippen molar-refractivity contribution >= 4 is 5.91 Å². The molecular formula is C24H25NO2. The normalized spacial score (nSPS) is 11.0. The Balaban J connectivity index is 1.54. The summed E-state index contributed by atoms with van der Waals surface area (Å²) in [6, 6.07) is 28.2. The SMILES string of the molecule is CC(C)(c1ccccc1)c1ccc(OCC(=O)NCc2ccccc2)cc1. The molecule has 0 heterocycles. The van der Waals surface area contributed by atoms with Gasteiger partial charge in [0.2, 0.25) is 0 Å². The van der Waals surface area contributed by atoms with Gasteiger partial charge in [-0.25, -0.2) is 0 Å². The Morgan fingerprint density at radius 3 is 2.00 bits per heavy atom.